The number of nitrogens with zero attached hydrogens (tertiary/aromatic N) is 2. The van der Waals surface area contributed by atoms with E-state index < -0.39 is 0 Å². The van der Waals surface area contributed by atoms with Crippen LogP contribution in [-0.4, -0.2) is 30.5 Å². The molecule has 69 heavy (non-hydrogen) atoms. The van der Waals surface area contributed by atoms with Gasteiger partial charge in [-0.1, -0.05) is 193 Å². The highest BCUT2D eigenvalue weighted by Gasteiger charge is 2.54. The van der Waals surface area contributed by atoms with Crippen LogP contribution in [0.2, 0.25) is 0 Å². The standard InChI is InChI=1S/C64H62N2O3/c1-63(2,3)50-33-17-29-45-47-31-19-35-52(61(47)68-59(45)50)65(39-21-9-7-10-22-39)54-37-49-57-43-27-15-13-25-41(43)55(38-56(57)67-58(49)44-28-16-14-26-42(44)54)66(40-23-11-8-12-24-40)53-36-20-32-48-46-30-18-34-51(64(4,5)6)60(46)69-62(48)53/h7-38,45-49,56-62H,1-6H3. The third-order valence-corrected chi connectivity index (χ3v) is 16.5. The molecule has 0 amide bonds. The highest BCUT2D eigenvalue weighted by atomic mass is 16.5. The van der Waals surface area contributed by atoms with Crippen molar-refractivity contribution in [3.63, 3.8) is 0 Å². The lowest BCUT2D eigenvalue weighted by molar-refractivity contribution is 0.0589. The van der Waals surface area contributed by atoms with E-state index in [1.165, 1.54) is 44.8 Å². The molecule has 12 atom stereocenters. The van der Waals surface area contributed by atoms with Crippen LogP contribution in [0, 0.1) is 40.4 Å². The van der Waals surface area contributed by atoms with Crippen molar-refractivity contribution >= 4 is 22.8 Å². The lowest BCUT2D eigenvalue weighted by Crippen LogP contribution is -2.36. The fourth-order valence-electron chi connectivity index (χ4n) is 13.4. The molecule has 5 heteroatoms. The summed E-state index contributed by atoms with van der Waals surface area (Å²) in [5.74, 6) is 1.12. The molecule has 4 aromatic carbocycles. The summed E-state index contributed by atoms with van der Waals surface area (Å²) in [4.78, 5) is 5.01. The van der Waals surface area contributed by atoms with E-state index in [2.05, 4.69) is 246 Å². The monoisotopic (exact) mass is 906 g/mol. The topological polar surface area (TPSA) is 34.2 Å². The van der Waals surface area contributed by atoms with Crippen molar-refractivity contribution in [1.82, 2.24) is 0 Å². The normalized spacial score (nSPS) is 32.0. The van der Waals surface area contributed by atoms with E-state index in [1.807, 2.05) is 0 Å². The van der Waals surface area contributed by atoms with E-state index in [9.17, 15) is 0 Å². The number of rotatable bonds is 6. The Morgan fingerprint density at radius 3 is 1.32 bits per heavy atom. The molecule has 6 aliphatic carbocycles. The lowest BCUT2D eigenvalue weighted by atomic mass is 9.71. The third kappa shape index (κ3) is 6.83. The number of allylic oxidation sites excluding steroid dienone is 8. The van der Waals surface area contributed by atoms with Crippen molar-refractivity contribution in [3.8, 4) is 0 Å². The van der Waals surface area contributed by atoms with Crippen LogP contribution in [0.4, 0.5) is 11.4 Å². The molecule has 13 rings (SSSR count). The second-order valence-electron chi connectivity index (χ2n) is 22.5. The van der Waals surface area contributed by atoms with Gasteiger partial charge in [0.1, 0.15) is 12.2 Å². The lowest BCUT2D eigenvalue weighted by Gasteiger charge is -2.40. The number of benzene rings is 4. The molecule has 0 spiro atoms. The van der Waals surface area contributed by atoms with Gasteiger partial charge in [-0.3, -0.25) is 0 Å². The van der Waals surface area contributed by atoms with Crippen molar-refractivity contribution in [2.45, 2.75) is 84.1 Å². The molecule has 0 aromatic heterocycles. The predicted molar refractivity (Wildman–Crippen MR) is 280 cm³/mol. The first kappa shape index (κ1) is 42.8. The third-order valence-electron chi connectivity index (χ3n) is 16.5. The predicted octanol–water partition coefficient (Wildman–Crippen LogP) is 14.2. The maximum Gasteiger partial charge on any atom is 0.106 e. The van der Waals surface area contributed by atoms with E-state index in [0.29, 0.717) is 0 Å². The van der Waals surface area contributed by atoms with E-state index in [1.54, 1.807) is 0 Å². The van der Waals surface area contributed by atoms with E-state index >= 15 is 0 Å². The molecule has 5 nitrogen and oxygen atoms in total. The van der Waals surface area contributed by atoms with Crippen LogP contribution in [0.25, 0.3) is 11.4 Å². The number of para-hydroxylation sites is 2. The highest BCUT2D eigenvalue weighted by Crippen LogP contribution is 2.59. The largest absolute Gasteiger partial charge is 0.365 e. The van der Waals surface area contributed by atoms with Crippen molar-refractivity contribution in [2.24, 2.45) is 40.4 Å². The molecule has 9 aliphatic rings. The molecule has 12 unspecified atom stereocenters. The van der Waals surface area contributed by atoms with Crippen molar-refractivity contribution in [1.29, 1.82) is 0 Å². The van der Waals surface area contributed by atoms with Gasteiger partial charge in [0.2, 0.25) is 0 Å². The first-order valence-corrected chi connectivity index (χ1v) is 25.4. The van der Waals surface area contributed by atoms with Crippen LogP contribution >= 0.6 is 0 Å². The molecule has 0 saturated carbocycles. The first-order chi connectivity index (χ1) is 33.5. The Bertz CT molecular complexity index is 3040. The second-order valence-corrected chi connectivity index (χ2v) is 22.5. The highest BCUT2D eigenvalue weighted by molar-refractivity contribution is 5.89. The number of hydrogen-bond acceptors (Lipinski definition) is 5. The van der Waals surface area contributed by atoms with Crippen molar-refractivity contribution in [2.75, 3.05) is 9.80 Å². The molecule has 3 saturated heterocycles. The summed E-state index contributed by atoms with van der Waals surface area (Å²) < 4.78 is 22.2. The maximum atomic E-state index is 7.52. The van der Waals surface area contributed by atoms with E-state index in [0.717, 1.165) is 22.8 Å². The Hall–Kier alpha value is -6.24. The molecule has 346 valence electrons. The SMILES string of the molecule is CC(C)(C)C1=CC=CC2C1OC1C(N(C3=CC4C(OC5C=C(N(C6=CC=CC7C6OC6C(C(C)(C)C)=CC=CC67)c6ccccc6)c6ccccc6C54)c4ccccc43)c3ccccc3)=CC=CC12. The smallest absolute Gasteiger partial charge is 0.106 e. The number of hydrogen-bond donors (Lipinski definition) is 0. The summed E-state index contributed by atoms with van der Waals surface area (Å²) in [6, 6.07) is 39.9. The van der Waals surface area contributed by atoms with Gasteiger partial charge in [-0.25, -0.2) is 0 Å². The van der Waals surface area contributed by atoms with Crippen LogP contribution in [0.15, 0.2) is 217 Å². The fraction of sp³-hybridized carbons (Fsp3) is 0.312. The van der Waals surface area contributed by atoms with Crippen LogP contribution in [0.1, 0.15) is 75.8 Å². The van der Waals surface area contributed by atoms with Crippen LogP contribution in [0.3, 0.4) is 0 Å². The van der Waals surface area contributed by atoms with Gasteiger partial charge in [-0.15, -0.1) is 0 Å². The average Bonchev–Trinajstić information content (AvgIpc) is 4.07. The summed E-state index contributed by atoms with van der Waals surface area (Å²) in [5, 5.41) is 0. The van der Waals surface area contributed by atoms with E-state index in [-0.39, 0.29) is 83.0 Å². The Labute approximate surface area is 408 Å². The summed E-state index contributed by atoms with van der Waals surface area (Å²) in [7, 11) is 0. The summed E-state index contributed by atoms with van der Waals surface area (Å²) >= 11 is 0. The summed E-state index contributed by atoms with van der Waals surface area (Å²) in [5.41, 5.74) is 14.6. The van der Waals surface area contributed by atoms with E-state index in [4.69, 9.17) is 14.2 Å². The molecular formula is C64H62N2O3. The molecule has 0 N–H and O–H groups in total. The van der Waals surface area contributed by atoms with Gasteiger partial charge >= 0.3 is 0 Å². The Morgan fingerprint density at radius 1 is 0.391 bits per heavy atom. The van der Waals surface area contributed by atoms with Gasteiger partial charge in [-0.2, -0.15) is 0 Å². The summed E-state index contributed by atoms with van der Waals surface area (Å²) in [6.45, 7) is 13.9. The average molecular weight is 907 g/mol. The molecule has 0 bridgehead atoms. The van der Waals surface area contributed by atoms with Crippen molar-refractivity contribution < 1.29 is 14.2 Å². The zero-order valence-corrected chi connectivity index (χ0v) is 40.5. The van der Waals surface area contributed by atoms with Gasteiger partial charge in [-0.05, 0) is 75.6 Å². The zero-order chi connectivity index (χ0) is 46.8. The van der Waals surface area contributed by atoms with Gasteiger partial charge in [0.25, 0.3) is 0 Å². The Morgan fingerprint density at radius 2 is 0.812 bits per heavy atom. The fourth-order valence-corrected chi connectivity index (χ4v) is 13.4. The minimum Gasteiger partial charge on any atom is -0.365 e. The quantitative estimate of drug-likeness (QED) is 0.193. The number of fused-ring (bicyclic) bond motifs is 13. The molecule has 0 radical (unpaired) electrons. The zero-order valence-electron chi connectivity index (χ0n) is 40.5. The minimum absolute atomic E-state index is 0.00353. The summed E-state index contributed by atoms with van der Waals surface area (Å²) in [6.07, 6.45) is 32.3. The van der Waals surface area contributed by atoms with Gasteiger partial charge in [0.15, 0.2) is 0 Å². The second kappa shape index (κ2) is 16.2. The van der Waals surface area contributed by atoms with Crippen LogP contribution in [-0.2, 0) is 14.2 Å². The molecule has 3 fully saturated rings. The Kier molecular flexibility index (Phi) is 10.0. The maximum absolute atomic E-state index is 7.52. The molecule has 3 heterocycles. The first-order valence-electron chi connectivity index (χ1n) is 25.4. The van der Waals surface area contributed by atoms with Crippen LogP contribution < -0.4 is 9.80 Å². The number of ether oxygens (including phenoxy) is 3. The number of anilines is 2. The minimum atomic E-state index is -0.178. The van der Waals surface area contributed by atoms with Gasteiger partial charge < -0.3 is 24.0 Å². The molecule has 3 aliphatic heterocycles. The Balaban J connectivity index is 0.920. The van der Waals surface area contributed by atoms with Crippen molar-refractivity contribution in [3.05, 3.63) is 239 Å². The molecular weight excluding hydrogens is 845 g/mol. The van der Waals surface area contributed by atoms with Gasteiger partial charge in [0.05, 0.1) is 41.5 Å². The van der Waals surface area contributed by atoms with Crippen LogP contribution in [0.5, 0.6) is 0 Å². The van der Waals surface area contributed by atoms with Gasteiger partial charge in [0, 0.05) is 63.7 Å². The molecule has 4 aromatic rings.